The lowest BCUT2D eigenvalue weighted by molar-refractivity contribution is 0.195. The summed E-state index contributed by atoms with van der Waals surface area (Å²) in [6.07, 6.45) is 4.37. The summed E-state index contributed by atoms with van der Waals surface area (Å²) in [5, 5.41) is 29.3. The molecule has 2 N–H and O–H groups in total. The quantitative estimate of drug-likeness (QED) is 0.701. The fourth-order valence-electron chi connectivity index (χ4n) is 4.66. The maximum Gasteiger partial charge on any atom is 0.133 e. The number of benzene rings is 2. The Balaban J connectivity index is 1.95. The maximum absolute atomic E-state index is 9.90. The summed E-state index contributed by atoms with van der Waals surface area (Å²) < 4.78 is 0. The molecule has 27 heavy (non-hydrogen) atoms. The molecule has 1 heterocycles. The monoisotopic (exact) mass is 362 g/mol. The van der Waals surface area contributed by atoms with Crippen LogP contribution >= 0.6 is 0 Å². The first-order valence-electron chi connectivity index (χ1n) is 9.74. The van der Waals surface area contributed by atoms with E-state index in [4.69, 9.17) is 10.2 Å². The van der Waals surface area contributed by atoms with Crippen LogP contribution in [0.25, 0.3) is 5.70 Å². The van der Waals surface area contributed by atoms with Gasteiger partial charge in [0.1, 0.15) is 17.0 Å². The zero-order valence-corrected chi connectivity index (χ0v) is 16.2. The van der Waals surface area contributed by atoms with Gasteiger partial charge >= 0.3 is 0 Å². The average Bonchev–Trinajstić information content (AvgIpc) is 2.92. The number of hydrogen-bond donors (Lipinski definition) is 2. The predicted molar refractivity (Wildman–Crippen MR) is 107 cm³/mol. The number of nitrogens with zero attached hydrogens (tertiary/aromatic N) is 2. The van der Waals surface area contributed by atoms with Gasteiger partial charge in [0.25, 0.3) is 0 Å². The normalized spacial score (nSPS) is 22.3. The number of aromatic hydroxyl groups is 2. The van der Waals surface area contributed by atoms with E-state index in [2.05, 4.69) is 6.92 Å². The lowest BCUT2D eigenvalue weighted by Crippen LogP contribution is -2.38. The molecular weight excluding hydrogens is 336 g/mol. The first-order valence-corrected chi connectivity index (χ1v) is 9.74. The molecule has 140 valence electrons. The molecule has 0 amide bonds. The van der Waals surface area contributed by atoms with Crippen LogP contribution in [0, 0.1) is 19.8 Å². The molecule has 4 nitrogen and oxygen atoms in total. The van der Waals surface area contributed by atoms with Gasteiger partial charge in [-0.15, -0.1) is 0 Å². The molecule has 1 aliphatic carbocycles. The van der Waals surface area contributed by atoms with E-state index < -0.39 is 5.54 Å². The zero-order chi connectivity index (χ0) is 19.2. The van der Waals surface area contributed by atoms with Gasteiger partial charge in [0, 0.05) is 5.56 Å². The van der Waals surface area contributed by atoms with Gasteiger partial charge in [-0.1, -0.05) is 19.4 Å². The Hall–Kier alpha value is -2.62. The fraction of sp³-hybridized carbons (Fsp3) is 0.391. The van der Waals surface area contributed by atoms with E-state index >= 15 is 0 Å². The van der Waals surface area contributed by atoms with Gasteiger partial charge in [0.15, 0.2) is 0 Å². The number of aryl methyl sites for hydroxylation is 2. The first kappa shape index (κ1) is 17.8. The molecule has 1 atom stereocenters. The first-order chi connectivity index (χ1) is 13.0. The van der Waals surface area contributed by atoms with Crippen molar-refractivity contribution in [2.45, 2.75) is 52.0 Å². The largest absolute Gasteiger partial charge is 0.508 e. The molecule has 1 unspecified atom stereocenters. The number of phenolic OH excluding ortho intramolecular Hbond substituents is 2. The predicted octanol–water partition coefficient (Wildman–Crippen LogP) is 6.00. The Labute approximate surface area is 160 Å². The third-order valence-corrected chi connectivity index (χ3v) is 6.19. The van der Waals surface area contributed by atoms with E-state index in [1.807, 2.05) is 32.0 Å². The molecule has 4 heteroatoms. The summed E-state index contributed by atoms with van der Waals surface area (Å²) in [6, 6.07) is 11.0. The summed E-state index contributed by atoms with van der Waals surface area (Å²) >= 11 is 0. The molecule has 4 rings (SSSR count). The molecule has 0 saturated heterocycles. The van der Waals surface area contributed by atoms with Crippen LogP contribution in [0.15, 0.2) is 52.2 Å². The Morgan fingerprint density at radius 3 is 2.22 bits per heavy atom. The Morgan fingerprint density at radius 2 is 1.67 bits per heavy atom. The Bertz CT molecular complexity index is 957. The fourth-order valence-corrected chi connectivity index (χ4v) is 4.66. The molecule has 2 aromatic rings. The van der Waals surface area contributed by atoms with Crippen LogP contribution in [0.3, 0.4) is 0 Å². The minimum atomic E-state index is -0.440. The van der Waals surface area contributed by atoms with Crippen molar-refractivity contribution in [1.29, 1.82) is 0 Å². The molecule has 2 aliphatic rings. The molecule has 0 bridgehead atoms. The molecule has 1 fully saturated rings. The minimum Gasteiger partial charge on any atom is -0.508 e. The van der Waals surface area contributed by atoms with Gasteiger partial charge in [-0.25, -0.2) is 0 Å². The molecule has 1 aliphatic heterocycles. The Kier molecular flexibility index (Phi) is 4.29. The van der Waals surface area contributed by atoms with Gasteiger partial charge in [0.05, 0.1) is 5.70 Å². The lowest BCUT2D eigenvalue weighted by atomic mass is 9.63. The number of phenols is 2. The van der Waals surface area contributed by atoms with Gasteiger partial charge < -0.3 is 10.2 Å². The van der Waals surface area contributed by atoms with E-state index in [1.165, 1.54) is 12.0 Å². The molecule has 2 aromatic carbocycles. The van der Waals surface area contributed by atoms with Gasteiger partial charge in [-0.2, -0.15) is 10.2 Å². The van der Waals surface area contributed by atoms with Crippen molar-refractivity contribution in [3.05, 3.63) is 64.2 Å². The third kappa shape index (κ3) is 2.66. The van der Waals surface area contributed by atoms with Crippen LogP contribution in [-0.4, -0.2) is 10.2 Å². The lowest BCUT2D eigenvalue weighted by Gasteiger charge is -2.42. The minimum absolute atomic E-state index is 0.268. The third-order valence-electron chi connectivity index (χ3n) is 6.19. The van der Waals surface area contributed by atoms with Crippen molar-refractivity contribution < 1.29 is 10.2 Å². The zero-order valence-electron chi connectivity index (χ0n) is 16.2. The summed E-state index contributed by atoms with van der Waals surface area (Å²) in [5.74, 6) is 0.991. The van der Waals surface area contributed by atoms with Crippen LogP contribution in [-0.2, 0) is 5.54 Å². The van der Waals surface area contributed by atoms with Crippen molar-refractivity contribution in [1.82, 2.24) is 0 Å². The van der Waals surface area contributed by atoms with Crippen molar-refractivity contribution in [2.75, 3.05) is 0 Å². The number of azo groups is 1. The second kappa shape index (κ2) is 6.52. The molecule has 0 spiro atoms. The maximum atomic E-state index is 9.90. The summed E-state index contributed by atoms with van der Waals surface area (Å²) in [4.78, 5) is 0. The van der Waals surface area contributed by atoms with Crippen molar-refractivity contribution in [3.63, 3.8) is 0 Å². The molecular formula is C23H26N2O2. The summed E-state index contributed by atoms with van der Waals surface area (Å²) in [6.45, 7) is 6.21. The van der Waals surface area contributed by atoms with Crippen molar-refractivity contribution in [2.24, 2.45) is 16.1 Å². The second-order valence-corrected chi connectivity index (χ2v) is 7.77. The Morgan fingerprint density at radius 1 is 1.00 bits per heavy atom. The van der Waals surface area contributed by atoms with E-state index in [0.29, 0.717) is 5.92 Å². The topological polar surface area (TPSA) is 65.2 Å². The van der Waals surface area contributed by atoms with Gasteiger partial charge in [-0.3, -0.25) is 0 Å². The van der Waals surface area contributed by atoms with Crippen LogP contribution in [0.4, 0.5) is 0 Å². The summed E-state index contributed by atoms with van der Waals surface area (Å²) in [5.41, 5.74) is 5.98. The highest BCUT2D eigenvalue weighted by molar-refractivity contribution is 5.75. The highest BCUT2D eigenvalue weighted by Crippen LogP contribution is 2.56. The van der Waals surface area contributed by atoms with Gasteiger partial charge in [-0.05, 0) is 91.6 Å². The van der Waals surface area contributed by atoms with E-state index in [-0.39, 0.29) is 11.5 Å². The number of hydrogen-bond acceptors (Lipinski definition) is 4. The molecule has 1 saturated carbocycles. The van der Waals surface area contributed by atoms with Crippen molar-refractivity contribution in [3.8, 4) is 11.5 Å². The SMILES string of the molecule is CCC1=C(c2ccc(O)cc2C)N=NC1(c1ccc(O)cc1C)C1CCC1. The number of rotatable bonds is 4. The second-order valence-electron chi connectivity index (χ2n) is 7.77. The van der Waals surface area contributed by atoms with E-state index in [1.54, 1.807) is 18.2 Å². The highest BCUT2D eigenvalue weighted by Gasteiger charge is 2.50. The summed E-state index contributed by atoms with van der Waals surface area (Å²) in [7, 11) is 0. The van der Waals surface area contributed by atoms with E-state index in [9.17, 15) is 10.2 Å². The smallest absolute Gasteiger partial charge is 0.133 e. The van der Waals surface area contributed by atoms with Crippen LogP contribution in [0.1, 0.15) is 54.9 Å². The van der Waals surface area contributed by atoms with Crippen LogP contribution in [0.2, 0.25) is 0 Å². The highest BCUT2D eigenvalue weighted by atomic mass is 16.3. The standard InChI is InChI=1S/C23H26N2O2/c1-4-20-22(19-10-8-17(26)12-14(19)2)24-25-23(20,16-6-5-7-16)21-11-9-18(27)13-15(21)3/h8-13,16,26-27H,4-7H2,1-3H3. The van der Waals surface area contributed by atoms with Crippen molar-refractivity contribution >= 4 is 5.70 Å². The van der Waals surface area contributed by atoms with Gasteiger partial charge in [0.2, 0.25) is 0 Å². The molecule has 0 aromatic heterocycles. The molecule has 0 radical (unpaired) electrons. The van der Waals surface area contributed by atoms with E-state index in [0.717, 1.165) is 47.2 Å². The van der Waals surface area contributed by atoms with Crippen LogP contribution in [0.5, 0.6) is 11.5 Å². The van der Waals surface area contributed by atoms with Crippen LogP contribution < -0.4 is 0 Å². The average molecular weight is 362 g/mol.